The number of aromatic amines is 1. The van der Waals surface area contributed by atoms with Crippen LogP contribution in [0.15, 0.2) is 12.7 Å². The number of hydrogen-bond acceptors (Lipinski definition) is 10. The van der Waals surface area contributed by atoms with Crippen molar-refractivity contribution < 1.29 is 29.6 Å². The number of H-pyrrole nitrogens is 1. The number of nitrogens with zero attached hydrogens (tertiary/aromatic N) is 3. The van der Waals surface area contributed by atoms with E-state index in [1.165, 1.54) is 12.7 Å². The maximum atomic E-state index is 10.8. The van der Waals surface area contributed by atoms with E-state index in [0.717, 1.165) is 0 Å². The summed E-state index contributed by atoms with van der Waals surface area (Å²) in [5.41, 5.74) is 11.8. The van der Waals surface area contributed by atoms with Gasteiger partial charge in [0.25, 0.3) is 0 Å². The SMILES string of the molecule is N[C@@H](CC(=O)OCC(O)CO)C(=O)O.Nc1ncnc2nc[nH]c12. The summed E-state index contributed by atoms with van der Waals surface area (Å²) in [5, 5.41) is 25.5. The first kappa shape index (κ1) is 19.2. The van der Waals surface area contributed by atoms with Crippen LogP contribution in [-0.2, 0) is 14.3 Å². The molecule has 0 aliphatic heterocycles. The predicted octanol–water partition coefficient (Wildman–Crippen LogP) is -2.38. The Hall–Kier alpha value is -2.83. The average molecular weight is 342 g/mol. The van der Waals surface area contributed by atoms with E-state index in [2.05, 4.69) is 24.7 Å². The number of aliphatic hydroxyl groups is 2. The van der Waals surface area contributed by atoms with Crippen molar-refractivity contribution >= 4 is 28.9 Å². The maximum absolute atomic E-state index is 10.8. The molecule has 0 bridgehead atoms. The molecule has 0 amide bonds. The molecular weight excluding hydrogens is 324 g/mol. The summed E-state index contributed by atoms with van der Waals surface area (Å²) < 4.78 is 4.42. The van der Waals surface area contributed by atoms with Crippen LogP contribution < -0.4 is 11.5 Å². The van der Waals surface area contributed by atoms with Crippen LogP contribution in [0.1, 0.15) is 6.42 Å². The number of esters is 1. The molecule has 24 heavy (non-hydrogen) atoms. The molecule has 0 aliphatic carbocycles. The van der Waals surface area contributed by atoms with E-state index >= 15 is 0 Å². The summed E-state index contributed by atoms with van der Waals surface area (Å²) >= 11 is 0. The van der Waals surface area contributed by atoms with Gasteiger partial charge in [-0.05, 0) is 0 Å². The molecule has 0 saturated heterocycles. The van der Waals surface area contributed by atoms with E-state index in [1.54, 1.807) is 0 Å². The van der Waals surface area contributed by atoms with Crippen molar-refractivity contribution in [2.45, 2.75) is 18.6 Å². The molecule has 8 N–H and O–H groups in total. The zero-order valence-electron chi connectivity index (χ0n) is 12.5. The third kappa shape index (κ3) is 6.12. The third-order valence-corrected chi connectivity index (χ3v) is 2.60. The number of rotatable bonds is 6. The zero-order valence-corrected chi connectivity index (χ0v) is 12.5. The Kier molecular flexibility index (Phi) is 7.48. The Labute approximate surface area is 135 Å². The number of nitrogens with two attached hydrogens (primary N) is 2. The number of fused-ring (bicyclic) bond motifs is 1. The second-order valence-electron chi connectivity index (χ2n) is 4.53. The van der Waals surface area contributed by atoms with Crippen molar-refractivity contribution in [1.82, 2.24) is 19.9 Å². The van der Waals surface area contributed by atoms with E-state index in [1.807, 2.05) is 0 Å². The highest BCUT2D eigenvalue weighted by Crippen LogP contribution is 2.09. The second-order valence-corrected chi connectivity index (χ2v) is 4.53. The Morgan fingerprint density at radius 3 is 2.62 bits per heavy atom. The molecule has 0 spiro atoms. The first-order valence-corrected chi connectivity index (χ1v) is 6.67. The summed E-state index contributed by atoms with van der Waals surface area (Å²) in [6.07, 6.45) is 1.31. The summed E-state index contributed by atoms with van der Waals surface area (Å²) in [7, 11) is 0. The number of carbonyl (C=O) groups excluding carboxylic acids is 1. The van der Waals surface area contributed by atoms with Gasteiger partial charge in [-0.15, -0.1) is 0 Å². The van der Waals surface area contributed by atoms with Gasteiger partial charge < -0.3 is 36.5 Å². The Morgan fingerprint density at radius 2 is 2.04 bits per heavy atom. The standard InChI is InChI=1S/C7H13NO6.C5H5N5/c8-5(7(12)13)1-6(11)14-3-4(10)2-9;6-4-3-5(9-1-7-3)10-2-8-4/h4-5,9-10H,1-3,8H2,(H,12,13);1-2H,(H3,6,7,8,9,10)/t4?,5-;/m0./s1. The van der Waals surface area contributed by atoms with Crippen LogP contribution in [0.2, 0.25) is 0 Å². The number of ether oxygens (including phenoxy) is 1. The van der Waals surface area contributed by atoms with Gasteiger partial charge in [0.05, 0.1) is 19.4 Å². The highest BCUT2D eigenvalue weighted by atomic mass is 16.5. The minimum Gasteiger partial charge on any atom is -0.480 e. The molecule has 2 heterocycles. The predicted molar refractivity (Wildman–Crippen MR) is 80.4 cm³/mol. The van der Waals surface area contributed by atoms with E-state index in [-0.39, 0.29) is 6.61 Å². The molecule has 2 atom stereocenters. The number of nitrogen functional groups attached to an aromatic ring is 1. The highest BCUT2D eigenvalue weighted by Gasteiger charge is 2.17. The van der Waals surface area contributed by atoms with Gasteiger partial charge >= 0.3 is 11.9 Å². The number of hydrogen-bond donors (Lipinski definition) is 6. The summed E-state index contributed by atoms with van der Waals surface area (Å²) in [6, 6.07) is -1.31. The summed E-state index contributed by atoms with van der Waals surface area (Å²) in [4.78, 5) is 35.4. The van der Waals surface area contributed by atoms with Crippen molar-refractivity contribution in [2.75, 3.05) is 18.9 Å². The number of carboxylic acids is 1. The van der Waals surface area contributed by atoms with Gasteiger partial charge in [-0.3, -0.25) is 9.59 Å². The lowest BCUT2D eigenvalue weighted by Gasteiger charge is -2.09. The van der Waals surface area contributed by atoms with Crippen LogP contribution in [0.3, 0.4) is 0 Å². The normalized spacial score (nSPS) is 12.8. The van der Waals surface area contributed by atoms with Gasteiger partial charge in [0.2, 0.25) is 0 Å². The molecule has 12 nitrogen and oxygen atoms in total. The van der Waals surface area contributed by atoms with E-state index in [4.69, 9.17) is 26.8 Å². The molecule has 12 heteroatoms. The van der Waals surface area contributed by atoms with Crippen LogP contribution in [-0.4, -0.2) is 72.6 Å². The van der Waals surface area contributed by atoms with Gasteiger partial charge in [0.1, 0.15) is 30.6 Å². The molecule has 0 fully saturated rings. The minimum absolute atomic E-state index is 0.373. The number of aromatic nitrogens is 4. The lowest BCUT2D eigenvalue weighted by Crippen LogP contribution is -2.34. The largest absolute Gasteiger partial charge is 0.480 e. The van der Waals surface area contributed by atoms with Crippen LogP contribution >= 0.6 is 0 Å². The van der Waals surface area contributed by atoms with Crippen LogP contribution in [0.4, 0.5) is 5.82 Å². The van der Waals surface area contributed by atoms with E-state index in [9.17, 15) is 9.59 Å². The number of carboxylic acid groups (broad SMARTS) is 1. The Morgan fingerprint density at radius 1 is 1.33 bits per heavy atom. The van der Waals surface area contributed by atoms with Crippen LogP contribution in [0.5, 0.6) is 0 Å². The lowest BCUT2D eigenvalue weighted by atomic mass is 10.2. The molecule has 2 aromatic heterocycles. The van der Waals surface area contributed by atoms with Crippen molar-refractivity contribution in [3.8, 4) is 0 Å². The molecular formula is C12H18N6O6. The number of imidazole rings is 1. The highest BCUT2D eigenvalue weighted by molar-refractivity contribution is 5.81. The lowest BCUT2D eigenvalue weighted by molar-refractivity contribution is -0.151. The number of anilines is 1. The molecule has 0 aromatic carbocycles. The van der Waals surface area contributed by atoms with Crippen molar-refractivity contribution in [3.63, 3.8) is 0 Å². The average Bonchev–Trinajstić information content (AvgIpc) is 3.03. The topological polar surface area (TPSA) is 211 Å². The second kappa shape index (κ2) is 9.34. The Bertz CT molecular complexity index is 677. The fourth-order valence-electron chi connectivity index (χ4n) is 1.35. The molecule has 2 rings (SSSR count). The first-order valence-electron chi connectivity index (χ1n) is 6.67. The molecule has 132 valence electrons. The summed E-state index contributed by atoms with van der Waals surface area (Å²) in [5.74, 6) is -1.69. The minimum atomic E-state index is -1.31. The first-order chi connectivity index (χ1) is 11.3. The number of aliphatic carboxylic acids is 1. The van der Waals surface area contributed by atoms with Crippen LogP contribution in [0.25, 0.3) is 11.2 Å². The van der Waals surface area contributed by atoms with Crippen molar-refractivity contribution in [2.24, 2.45) is 5.73 Å². The number of nitrogens with one attached hydrogen (secondary N) is 1. The molecule has 0 radical (unpaired) electrons. The fourth-order valence-corrected chi connectivity index (χ4v) is 1.35. The molecule has 2 aromatic rings. The van der Waals surface area contributed by atoms with Gasteiger partial charge in [-0.25, -0.2) is 15.0 Å². The Balaban J connectivity index is 0.000000250. The maximum Gasteiger partial charge on any atom is 0.321 e. The number of carbonyl (C=O) groups is 2. The monoisotopic (exact) mass is 342 g/mol. The fraction of sp³-hybridized carbons (Fsp3) is 0.417. The van der Waals surface area contributed by atoms with Crippen molar-refractivity contribution in [1.29, 1.82) is 0 Å². The zero-order chi connectivity index (χ0) is 18.1. The van der Waals surface area contributed by atoms with Gasteiger partial charge in [-0.1, -0.05) is 0 Å². The molecule has 1 unspecified atom stereocenters. The number of aliphatic hydroxyl groups excluding tert-OH is 2. The van der Waals surface area contributed by atoms with Gasteiger partial charge in [0, 0.05) is 0 Å². The third-order valence-electron chi connectivity index (χ3n) is 2.60. The van der Waals surface area contributed by atoms with Crippen molar-refractivity contribution in [3.05, 3.63) is 12.7 Å². The van der Waals surface area contributed by atoms with E-state index in [0.29, 0.717) is 17.0 Å². The smallest absolute Gasteiger partial charge is 0.321 e. The van der Waals surface area contributed by atoms with Gasteiger partial charge in [-0.2, -0.15) is 0 Å². The quantitative estimate of drug-likeness (QED) is 0.305. The van der Waals surface area contributed by atoms with Crippen LogP contribution in [0, 0.1) is 0 Å². The molecule has 0 aliphatic rings. The van der Waals surface area contributed by atoms with Gasteiger partial charge in [0.15, 0.2) is 11.5 Å². The van der Waals surface area contributed by atoms with E-state index < -0.39 is 37.1 Å². The summed E-state index contributed by atoms with van der Waals surface area (Å²) in [6.45, 7) is -0.903. The molecule has 0 saturated carbocycles.